The fourth-order valence-corrected chi connectivity index (χ4v) is 2.88. The third-order valence-electron chi connectivity index (χ3n) is 4.30. The maximum atomic E-state index is 13.1. The van der Waals surface area contributed by atoms with E-state index in [0.29, 0.717) is 6.54 Å². The number of benzene rings is 2. The maximum absolute atomic E-state index is 13.1. The van der Waals surface area contributed by atoms with Crippen LogP contribution >= 0.6 is 0 Å². The van der Waals surface area contributed by atoms with Gasteiger partial charge >= 0.3 is 5.97 Å². The van der Waals surface area contributed by atoms with Gasteiger partial charge in [0.15, 0.2) is 5.78 Å². The minimum Gasteiger partial charge on any atom is -0.475 e. The van der Waals surface area contributed by atoms with Gasteiger partial charge in [-0.05, 0) is 35.4 Å². The van der Waals surface area contributed by atoms with Crippen LogP contribution in [-0.2, 0) is 20.9 Å². The number of aromatic nitrogens is 1. The van der Waals surface area contributed by atoms with Crippen LogP contribution in [0.5, 0.6) is 0 Å². The zero-order valence-corrected chi connectivity index (χ0v) is 15.4. The number of rotatable bonds is 8. The molecule has 0 radical (unpaired) electrons. The molecular weight excluding hydrogens is 373 g/mol. The van der Waals surface area contributed by atoms with Gasteiger partial charge in [-0.2, -0.15) is 0 Å². The van der Waals surface area contributed by atoms with E-state index in [9.17, 15) is 18.8 Å². The highest BCUT2D eigenvalue weighted by Crippen LogP contribution is 2.26. The van der Waals surface area contributed by atoms with Gasteiger partial charge in [0, 0.05) is 30.1 Å². The summed E-state index contributed by atoms with van der Waals surface area (Å²) in [5.74, 6) is -3.65. The maximum Gasteiger partial charge on any atom is 0.372 e. The van der Waals surface area contributed by atoms with Crippen molar-refractivity contribution in [3.8, 4) is 11.1 Å². The fourth-order valence-electron chi connectivity index (χ4n) is 2.88. The van der Waals surface area contributed by atoms with Crippen LogP contribution in [0.2, 0.25) is 0 Å². The van der Waals surface area contributed by atoms with E-state index in [1.54, 1.807) is 18.2 Å². The minimum atomic E-state index is -1.62. The molecule has 1 aromatic heterocycles. The second-order valence-electron chi connectivity index (χ2n) is 6.50. The summed E-state index contributed by atoms with van der Waals surface area (Å²) in [5, 5.41) is 8.62. The Kier molecular flexibility index (Phi) is 6.14. The van der Waals surface area contributed by atoms with Crippen LogP contribution in [0.4, 0.5) is 4.39 Å². The standard InChI is InChI=1S/C23H18FNO4/c24-19-9-6-16(7-10-19)13-25-14-18(8-11-20(26)12-22(27)23(28)29)21(15-25)17-4-2-1-3-5-17/h1-11,14-15H,12-13H2,(H,28,29)/b11-8+. The van der Waals surface area contributed by atoms with E-state index in [-0.39, 0.29) is 5.82 Å². The van der Waals surface area contributed by atoms with Gasteiger partial charge in [0.1, 0.15) is 5.82 Å². The van der Waals surface area contributed by atoms with Crippen molar-refractivity contribution >= 4 is 23.6 Å². The summed E-state index contributed by atoms with van der Waals surface area (Å²) in [6.07, 6.45) is 5.87. The van der Waals surface area contributed by atoms with Gasteiger partial charge in [0.05, 0.1) is 6.42 Å². The number of carboxylic acid groups (broad SMARTS) is 1. The predicted molar refractivity (Wildman–Crippen MR) is 107 cm³/mol. The van der Waals surface area contributed by atoms with Crippen LogP contribution < -0.4 is 0 Å². The van der Waals surface area contributed by atoms with Gasteiger partial charge in [-0.1, -0.05) is 42.5 Å². The summed E-state index contributed by atoms with van der Waals surface area (Å²) in [5.41, 5.74) is 3.48. The largest absolute Gasteiger partial charge is 0.475 e. The summed E-state index contributed by atoms with van der Waals surface area (Å²) in [6, 6.07) is 15.8. The molecule has 146 valence electrons. The highest BCUT2D eigenvalue weighted by atomic mass is 19.1. The Morgan fingerprint density at radius 1 is 0.966 bits per heavy atom. The number of halogens is 1. The second kappa shape index (κ2) is 8.93. The molecule has 6 heteroatoms. The van der Waals surface area contributed by atoms with Crippen molar-refractivity contribution < 1.29 is 23.9 Å². The van der Waals surface area contributed by atoms with E-state index >= 15 is 0 Å². The summed E-state index contributed by atoms with van der Waals surface area (Å²) in [6.45, 7) is 0.513. The van der Waals surface area contributed by atoms with Gasteiger partial charge in [-0.25, -0.2) is 9.18 Å². The highest BCUT2D eigenvalue weighted by molar-refractivity contribution is 6.37. The molecule has 1 N–H and O–H groups in total. The molecule has 0 bridgehead atoms. The van der Waals surface area contributed by atoms with Gasteiger partial charge in [0.25, 0.3) is 0 Å². The van der Waals surface area contributed by atoms with E-state index in [4.69, 9.17) is 5.11 Å². The molecule has 0 saturated heterocycles. The number of nitrogens with zero attached hydrogens (tertiary/aromatic N) is 1. The second-order valence-corrected chi connectivity index (χ2v) is 6.50. The number of aliphatic carboxylic acids is 1. The first-order chi connectivity index (χ1) is 13.9. The quantitative estimate of drug-likeness (QED) is 0.358. The summed E-state index contributed by atoms with van der Waals surface area (Å²) < 4.78 is 15.0. The van der Waals surface area contributed by atoms with Crippen molar-refractivity contribution in [2.24, 2.45) is 0 Å². The highest BCUT2D eigenvalue weighted by Gasteiger charge is 2.15. The molecule has 1 heterocycles. The van der Waals surface area contributed by atoms with Crippen molar-refractivity contribution in [3.63, 3.8) is 0 Å². The molecular formula is C23H18FNO4. The molecule has 0 aliphatic heterocycles. The van der Waals surface area contributed by atoms with E-state index in [1.165, 1.54) is 18.2 Å². The Balaban J connectivity index is 1.87. The molecule has 3 rings (SSSR count). The lowest BCUT2D eigenvalue weighted by molar-refractivity contribution is -0.149. The fraction of sp³-hybridized carbons (Fsp3) is 0.0870. The molecule has 2 aromatic carbocycles. The van der Waals surface area contributed by atoms with Crippen molar-refractivity contribution in [2.75, 3.05) is 0 Å². The van der Waals surface area contributed by atoms with Crippen LogP contribution in [0.15, 0.2) is 73.1 Å². The summed E-state index contributed by atoms with van der Waals surface area (Å²) in [4.78, 5) is 33.7. The van der Waals surface area contributed by atoms with Crippen molar-refractivity contribution in [2.45, 2.75) is 13.0 Å². The number of Topliss-reactive ketones (excluding diaryl/α,β-unsaturated/α-hetero) is 1. The first kappa shape index (κ1) is 19.9. The smallest absolute Gasteiger partial charge is 0.372 e. The molecule has 3 aromatic rings. The van der Waals surface area contributed by atoms with Gasteiger partial charge in [-0.15, -0.1) is 0 Å². The average Bonchev–Trinajstić information content (AvgIpc) is 3.11. The zero-order valence-electron chi connectivity index (χ0n) is 15.4. The Hall–Kier alpha value is -3.80. The van der Waals surface area contributed by atoms with Gasteiger partial charge in [0.2, 0.25) is 5.78 Å². The third kappa shape index (κ3) is 5.35. The molecule has 0 unspecified atom stereocenters. The van der Waals surface area contributed by atoms with Gasteiger partial charge in [-0.3, -0.25) is 9.59 Å². The number of carboxylic acids is 1. The number of carbonyl (C=O) groups excluding carboxylic acids is 2. The third-order valence-corrected chi connectivity index (χ3v) is 4.30. The number of hydrogen-bond donors (Lipinski definition) is 1. The normalized spacial score (nSPS) is 10.9. The Morgan fingerprint density at radius 3 is 2.31 bits per heavy atom. The molecule has 5 nitrogen and oxygen atoms in total. The van der Waals surface area contributed by atoms with Crippen LogP contribution in [-0.4, -0.2) is 27.2 Å². The Labute approximate surface area is 166 Å². The van der Waals surface area contributed by atoms with Crippen LogP contribution in [0.3, 0.4) is 0 Å². The molecule has 0 atom stereocenters. The lowest BCUT2D eigenvalue weighted by Gasteiger charge is -2.03. The van der Waals surface area contributed by atoms with Crippen molar-refractivity contribution in [3.05, 3.63) is 90.0 Å². The molecule has 0 amide bonds. The van der Waals surface area contributed by atoms with Crippen molar-refractivity contribution in [1.82, 2.24) is 4.57 Å². The van der Waals surface area contributed by atoms with E-state index in [1.807, 2.05) is 47.3 Å². The molecule has 0 saturated carbocycles. The Morgan fingerprint density at radius 2 is 1.66 bits per heavy atom. The molecule has 0 fully saturated rings. The lowest BCUT2D eigenvalue weighted by Crippen LogP contribution is -2.15. The lowest BCUT2D eigenvalue weighted by atomic mass is 10.0. The zero-order chi connectivity index (χ0) is 20.8. The van der Waals surface area contributed by atoms with E-state index in [0.717, 1.165) is 22.3 Å². The minimum absolute atomic E-state index is 0.302. The van der Waals surface area contributed by atoms with E-state index < -0.39 is 24.0 Å². The predicted octanol–water partition coefficient (Wildman–Crippen LogP) is 3.97. The summed E-state index contributed by atoms with van der Waals surface area (Å²) in [7, 11) is 0. The first-order valence-electron chi connectivity index (χ1n) is 8.89. The van der Waals surface area contributed by atoms with Crippen molar-refractivity contribution in [1.29, 1.82) is 0 Å². The first-order valence-corrected chi connectivity index (χ1v) is 8.89. The van der Waals surface area contributed by atoms with E-state index in [2.05, 4.69) is 0 Å². The SMILES string of the molecule is O=C(/C=C/c1cn(Cc2ccc(F)cc2)cc1-c1ccccc1)CC(=O)C(=O)O. The monoisotopic (exact) mass is 391 g/mol. The van der Waals surface area contributed by atoms with Gasteiger partial charge < -0.3 is 9.67 Å². The van der Waals surface area contributed by atoms with Crippen LogP contribution in [0.25, 0.3) is 17.2 Å². The molecule has 0 spiro atoms. The molecule has 29 heavy (non-hydrogen) atoms. The number of allylic oxidation sites excluding steroid dienone is 1. The number of carbonyl (C=O) groups is 3. The molecule has 0 aliphatic rings. The van der Waals surface area contributed by atoms with Crippen LogP contribution in [0.1, 0.15) is 17.5 Å². The molecule has 0 aliphatic carbocycles. The summed E-state index contributed by atoms with van der Waals surface area (Å²) >= 11 is 0. The van der Waals surface area contributed by atoms with Crippen LogP contribution in [0, 0.1) is 5.82 Å². The Bertz CT molecular complexity index is 1070. The topological polar surface area (TPSA) is 76.4 Å². The number of ketones is 2. The average molecular weight is 391 g/mol. The number of hydrogen-bond acceptors (Lipinski definition) is 3.